The van der Waals surface area contributed by atoms with Crippen LogP contribution in [-0.4, -0.2) is 25.3 Å². The molecule has 0 fully saturated rings. The number of rotatable bonds is 6. The third kappa shape index (κ3) is 3.14. The first kappa shape index (κ1) is 19.8. The molecule has 1 atom stereocenters. The maximum absolute atomic E-state index is 14.7. The number of hydrogen-bond donors (Lipinski definition) is 0. The van der Waals surface area contributed by atoms with Gasteiger partial charge in [0.15, 0.2) is 5.41 Å². The predicted octanol–water partition coefficient (Wildman–Crippen LogP) is 4.87. The Hall–Kier alpha value is -3.54. The molecule has 0 spiro atoms. The molecule has 0 bridgehead atoms. The number of aldehydes is 1. The van der Waals surface area contributed by atoms with E-state index in [4.69, 9.17) is 9.47 Å². The fraction of sp³-hybridized carbons (Fsp3) is 0.167. The average molecular weight is 408 g/mol. The largest absolute Gasteiger partial charge is 0.463 e. The molecule has 0 amide bonds. The molecule has 3 aromatic carbocycles. The van der Waals surface area contributed by atoms with E-state index in [9.17, 15) is 18.4 Å². The van der Waals surface area contributed by atoms with E-state index in [2.05, 4.69) is 0 Å². The highest BCUT2D eigenvalue weighted by Crippen LogP contribution is 2.51. The summed E-state index contributed by atoms with van der Waals surface area (Å²) in [6.07, 6.45) is -2.45. The van der Waals surface area contributed by atoms with Gasteiger partial charge in [0.1, 0.15) is 24.4 Å². The van der Waals surface area contributed by atoms with Crippen molar-refractivity contribution in [3.63, 3.8) is 0 Å². The standard InChI is InChI=1S/C24H18F2O4/c25-22(26)24(23(28)29-15-17(14-27)16-8-2-1-3-9-16)18-10-4-6-12-20(18)30-21-13-7-5-11-19(21)24/h1-14,17,22H,15H2. The van der Waals surface area contributed by atoms with Crippen molar-refractivity contribution in [3.05, 3.63) is 95.6 Å². The van der Waals surface area contributed by atoms with Crippen LogP contribution in [0, 0.1) is 0 Å². The molecule has 30 heavy (non-hydrogen) atoms. The molecule has 1 aliphatic heterocycles. The van der Waals surface area contributed by atoms with Gasteiger partial charge in [-0.25, -0.2) is 8.78 Å². The fourth-order valence-corrected chi connectivity index (χ4v) is 3.76. The second kappa shape index (κ2) is 8.06. The molecule has 4 nitrogen and oxygen atoms in total. The molecule has 1 heterocycles. The van der Waals surface area contributed by atoms with E-state index in [0.717, 1.165) is 0 Å². The zero-order valence-electron chi connectivity index (χ0n) is 15.8. The molecule has 0 aliphatic carbocycles. The lowest BCUT2D eigenvalue weighted by atomic mass is 9.72. The van der Waals surface area contributed by atoms with E-state index < -0.39 is 23.7 Å². The summed E-state index contributed by atoms with van der Waals surface area (Å²) in [7, 11) is 0. The first-order valence-electron chi connectivity index (χ1n) is 9.41. The van der Waals surface area contributed by atoms with Crippen molar-refractivity contribution in [3.8, 4) is 11.5 Å². The molecule has 0 N–H and O–H groups in total. The summed E-state index contributed by atoms with van der Waals surface area (Å²) in [5, 5.41) is 0. The highest BCUT2D eigenvalue weighted by Gasteiger charge is 2.57. The van der Waals surface area contributed by atoms with E-state index in [1.54, 1.807) is 54.6 Å². The maximum Gasteiger partial charge on any atom is 0.327 e. The summed E-state index contributed by atoms with van der Waals surface area (Å²) in [5.41, 5.74) is -1.65. The van der Waals surface area contributed by atoms with Gasteiger partial charge < -0.3 is 14.3 Å². The Morgan fingerprint density at radius 1 is 0.900 bits per heavy atom. The van der Waals surface area contributed by atoms with E-state index in [1.165, 1.54) is 24.3 Å². The maximum atomic E-state index is 14.7. The summed E-state index contributed by atoms with van der Waals surface area (Å²) in [6, 6.07) is 21.1. The average Bonchev–Trinajstić information content (AvgIpc) is 2.78. The molecular weight excluding hydrogens is 390 g/mol. The van der Waals surface area contributed by atoms with Crippen LogP contribution in [0.25, 0.3) is 0 Å². The van der Waals surface area contributed by atoms with Gasteiger partial charge in [0.05, 0.1) is 5.92 Å². The molecule has 0 saturated heterocycles. The van der Waals surface area contributed by atoms with Crippen molar-refractivity contribution in [2.24, 2.45) is 0 Å². The van der Waals surface area contributed by atoms with Crippen LogP contribution in [0.1, 0.15) is 22.6 Å². The number of hydrogen-bond acceptors (Lipinski definition) is 4. The van der Waals surface area contributed by atoms with Gasteiger partial charge in [-0.05, 0) is 17.7 Å². The lowest BCUT2D eigenvalue weighted by Gasteiger charge is -2.37. The number of para-hydroxylation sites is 2. The first-order chi connectivity index (χ1) is 14.6. The number of halogens is 2. The smallest absolute Gasteiger partial charge is 0.327 e. The molecule has 6 heteroatoms. The van der Waals surface area contributed by atoms with Crippen molar-refractivity contribution < 1.29 is 27.8 Å². The Balaban J connectivity index is 1.75. The van der Waals surface area contributed by atoms with Crippen LogP contribution in [0.5, 0.6) is 11.5 Å². The number of ether oxygens (including phenoxy) is 2. The van der Waals surface area contributed by atoms with Crippen LogP contribution in [0.3, 0.4) is 0 Å². The lowest BCUT2D eigenvalue weighted by molar-refractivity contribution is -0.155. The Labute approximate surface area is 172 Å². The summed E-state index contributed by atoms with van der Waals surface area (Å²) in [4.78, 5) is 24.8. The number of alkyl halides is 2. The zero-order chi connectivity index (χ0) is 21.1. The third-order valence-electron chi connectivity index (χ3n) is 5.28. The third-order valence-corrected chi connectivity index (χ3v) is 5.28. The van der Waals surface area contributed by atoms with E-state index in [-0.39, 0.29) is 29.2 Å². The van der Waals surface area contributed by atoms with Gasteiger partial charge in [-0.3, -0.25) is 4.79 Å². The van der Waals surface area contributed by atoms with Crippen molar-refractivity contribution >= 4 is 12.3 Å². The topological polar surface area (TPSA) is 52.6 Å². The van der Waals surface area contributed by atoms with Crippen LogP contribution in [-0.2, 0) is 19.7 Å². The zero-order valence-corrected chi connectivity index (χ0v) is 15.8. The first-order valence-corrected chi connectivity index (χ1v) is 9.41. The van der Waals surface area contributed by atoms with Gasteiger partial charge in [-0.1, -0.05) is 66.7 Å². The molecule has 0 aromatic heterocycles. The van der Waals surface area contributed by atoms with Gasteiger partial charge in [0.25, 0.3) is 6.43 Å². The van der Waals surface area contributed by atoms with Gasteiger partial charge in [-0.2, -0.15) is 0 Å². The van der Waals surface area contributed by atoms with Crippen molar-refractivity contribution in [1.29, 1.82) is 0 Å². The summed E-state index contributed by atoms with van der Waals surface area (Å²) in [5.74, 6) is -1.54. The SMILES string of the molecule is O=CC(COC(=O)C1(C(F)F)c2ccccc2Oc2ccccc21)c1ccccc1. The van der Waals surface area contributed by atoms with Gasteiger partial charge >= 0.3 is 5.97 Å². The van der Waals surface area contributed by atoms with Gasteiger partial charge in [0, 0.05) is 11.1 Å². The number of fused-ring (bicyclic) bond motifs is 2. The normalized spacial score (nSPS) is 14.8. The highest BCUT2D eigenvalue weighted by atomic mass is 19.3. The molecule has 1 aliphatic rings. The summed E-state index contributed by atoms with van der Waals surface area (Å²) in [6.45, 7) is -0.341. The molecule has 4 rings (SSSR count). The van der Waals surface area contributed by atoms with Crippen LogP contribution >= 0.6 is 0 Å². The number of carbonyl (C=O) groups is 2. The molecule has 1 unspecified atom stereocenters. The van der Waals surface area contributed by atoms with Crippen molar-refractivity contribution in [2.45, 2.75) is 17.8 Å². The Bertz CT molecular complexity index is 1020. The minimum absolute atomic E-state index is 0.0334. The van der Waals surface area contributed by atoms with Crippen molar-refractivity contribution in [2.75, 3.05) is 6.61 Å². The van der Waals surface area contributed by atoms with Crippen LogP contribution < -0.4 is 4.74 Å². The van der Waals surface area contributed by atoms with E-state index in [0.29, 0.717) is 11.8 Å². The highest BCUT2D eigenvalue weighted by molar-refractivity contribution is 5.91. The minimum Gasteiger partial charge on any atom is -0.463 e. The number of benzene rings is 3. The Kier molecular flexibility index (Phi) is 5.31. The predicted molar refractivity (Wildman–Crippen MR) is 106 cm³/mol. The molecule has 152 valence electrons. The monoisotopic (exact) mass is 408 g/mol. The molecular formula is C24H18F2O4. The van der Waals surface area contributed by atoms with Crippen LogP contribution in [0.2, 0.25) is 0 Å². The minimum atomic E-state index is -3.09. The second-order valence-corrected chi connectivity index (χ2v) is 6.95. The fourth-order valence-electron chi connectivity index (χ4n) is 3.76. The van der Waals surface area contributed by atoms with E-state index >= 15 is 0 Å². The van der Waals surface area contributed by atoms with E-state index in [1.807, 2.05) is 0 Å². The Morgan fingerprint density at radius 2 is 1.43 bits per heavy atom. The number of esters is 1. The number of carbonyl (C=O) groups excluding carboxylic acids is 2. The van der Waals surface area contributed by atoms with Crippen LogP contribution in [0.15, 0.2) is 78.9 Å². The second-order valence-electron chi connectivity index (χ2n) is 6.95. The van der Waals surface area contributed by atoms with Crippen LogP contribution in [0.4, 0.5) is 8.78 Å². The summed E-state index contributed by atoms with van der Waals surface area (Å²) >= 11 is 0. The van der Waals surface area contributed by atoms with Gasteiger partial charge in [-0.15, -0.1) is 0 Å². The lowest BCUT2D eigenvalue weighted by Crippen LogP contribution is -2.47. The van der Waals surface area contributed by atoms with Gasteiger partial charge in [0.2, 0.25) is 0 Å². The molecule has 0 saturated carbocycles. The quantitative estimate of drug-likeness (QED) is 0.431. The molecule has 0 radical (unpaired) electrons. The molecule has 3 aromatic rings. The Morgan fingerprint density at radius 3 is 1.97 bits per heavy atom. The summed E-state index contributed by atoms with van der Waals surface area (Å²) < 4.78 is 40.5. The van der Waals surface area contributed by atoms with Crippen molar-refractivity contribution in [1.82, 2.24) is 0 Å².